The van der Waals surface area contributed by atoms with E-state index < -0.39 is 0 Å². The van der Waals surface area contributed by atoms with Crippen LogP contribution in [0.15, 0.2) is 54.9 Å². The van der Waals surface area contributed by atoms with Crippen LogP contribution < -0.4 is 9.25 Å². The fourth-order valence-corrected chi connectivity index (χ4v) is 4.27. The Morgan fingerprint density at radius 1 is 0.848 bits per heavy atom. The number of rotatable bonds is 12. The molecule has 0 saturated heterocycles. The van der Waals surface area contributed by atoms with Gasteiger partial charge in [0.1, 0.15) is 6.54 Å². The third-order valence-electron chi connectivity index (χ3n) is 6.14. The molecule has 0 amide bonds. The first-order chi connectivity index (χ1) is 16.3. The second-order valence-corrected chi connectivity index (χ2v) is 8.60. The molecule has 0 unspecified atom stereocenters. The van der Waals surface area contributed by atoms with Crippen LogP contribution in [0.2, 0.25) is 0 Å². The van der Waals surface area contributed by atoms with Crippen molar-refractivity contribution in [3.63, 3.8) is 0 Å². The zero-order valence-electron chi connectivity index (χ0n) is 19.8. The smallest absolute Gasteiger partial charge is 0.177 e. The molecule has 7 heteroatoms. The summed E-state index contributed by atoms with van der Waals surface area (Å²) in [6.45, 7) is 6.44. The molecular weight excluding hydrogens is 410 g/mol. The van der Waals surface area contributed by atoms with Gasteiger partial charge < -0.3 is 0 Å². The Bertz CT molecular complexity index is 1110. The van der Waals surface area contributed by atoms with Crippen molar-refractivity contribution >= 4 is 0 Å². The lowest BCUT2D eigenvalue weighted by molar-refractivity contribution is -0.822. The average Bonchev–Trinajstić information content (AvgIpc) is 3.52. The first-order valence-electron chi connectivity index (χ1n) is 12.2. The second kappa shape index (κ2) is 11.5. The molecule has 0 aliphatic rings. The highest BCUT2D eigenvalue weighted by Gasteiger charge is 2.24. The van der Waals surface area contributed by atoms with E-state index in [1.54, 1.807) is 0 Å². The summed E-state index contributed by atoms with van der Waals surface area (Å²) < 4.78 is 4.72. The molecule has 2 aromatic heterocycles. The molecule has 0 spiro atoms. The molecule has 4 rings (SSSR count). The van der Waals surface area contributed by atoms with Gasteiger partial charge in [0.15, 0.2) is 6.54 Å². The topological polar surface area (TPSA) is 78.0 Å². The normalized spacial score (nSPS) is 11.2. The van der Waals surface area contributed by atoms with E-state index in [9.17, 15) is 0 Å². The summed E-state index contributed by atoms with van der Waals surface area (Å²) in [5.41, 5.74) is 4.50. The summed E-state index contributed by atoms with van der Waals surface area (Å²) in [4.78, 5) is 0. The van der Waals surface area contributed by atoms with Crippen LogP contribution in [-0.4, -0.2) is 25.7 Å². The zero-order valence-corrected chi connectivity index (χ0v) is 19.8. The highest BCUT2D eigenvalue weighted by atomic mass is 15.5. The van der Waals surface area contributed by atoms with Gasteiger partial charge in [0.2, 0.25) is 5.82 Å². The van der Waals surface area contributed by atoms with Gasteiger partial charge in [-0.05, 0) is 39.0 Å². The minimum atomic E-state index is 0.612. The second-order valence-electron chi connectivity index (χ2n) is 8.60. The first kappa shape index (κ1) is 22.8. The summed E-state index contributed by atoms with van der Waals surface area (Å²) in [5.74, 6) is 2.01. The van der Waals surface area contributed by atoms with Crippen molar-refractivity contribution in [3.8, 4) is 22.5 Å². The van der Waals surface area contributed by atoms with Crippen molar-refractivity contribution in [1.82, 2.24) is 25.7 Å². The van der Waals surface area contributed by atoms with Crippen molar-refractivity contribution in [3.05, 3.63) is 66.2 Å². The maximum absolute atomic E-state index is 4.16. The van der Waals surface area contributed by atoms with E-state index in [4.69, 9.17) is 0 Å². The van der Waals surface area contributed by atoms with E-state index in [-0.39, 0.29) is 0 Å². The standard InChI is InChI=1S/C26H34N7/c1-3-5-7-8-13-25-32(18-6-4-2)20-27-33(25)19-21-14-16-22(17-15-21)23-11-9-10-12-24(23)26-28-30-31-29-26/h9-12,14-17,20H,3-8,13,18-19H2,1-2H3,(H,28,29,30,31)/q+1/p+1. The van der Waals surface area contributed by atoms with Crippen LogP contribution >= 0.6 is 0 Å². The fourth-order valence-electron chi connectivity index (χ4n) is 4.27. The van der Waals surface area contributed by atoms with Gasteiger partial charge >= 0.3 is 12.2 Å². The number of aryl methyl sites for hydroxylation is 1. The summed E-state index contributed by atoms with van der Waals surface area (Å²) in [5, 5.41) is 18.1. The Labute approximate surface area is 195 Å². The first-order valence-corrected chi connectivity index (χ1v) is 12.2. The van der Waals surface area contributed by atoms with Crippen LogP contribution in [0, 0.1) is 0 Å². The van der Waals surface area contributed by atoms with Gasteiger partial charge in [0.05, 0.1) is 6.42 Å². The highest BCUT2D eigenvalue weighted by molar-refractivity contribution is 5.80. The molecule has 0 saturated carbocycles. The van der Waals surface area contributed by atoms with Gasteiger partial charge in [-0.25, -0.2) is 0 Å². The number of unbranched alkanes of at least 4 members (excludes halogenated alkanes) is 4. The highest BCUT2D eigenvalue weighted by Crippen LogP contribution is 2.29. The Morgan fingerprint density at radius 2 is 1.64 bits per heavy atom. The molecule has 7 nitrogen and oxygen atoms in total. The Balaban J connectivity index is 1.52. The monoisotopic (exact) mass is 445 g/mol. The summed E-state index contributed by atoms with van der Waals surface area (Å²) >= 11 is 0. The lowest BCUT2D eigenvalue weighted by Crippen LogP contribution is -2.48. The quantitative estimate of drug-likeness (QED) is 0.250. The third kappa shape index (κ3) is 5.72. The van der Waals surface area contributed by atoms with Crippen molar-refractivity contribution in [2.45, 2.75) is 71.9 Å². The third-order valence-corrected chi connectivity index (χ3v) is 6.14. The number of benzene rings is 2. The maximum Gasteiger partial charge on any atom is 0.357 e. The van der Waals surface area contributed by atoms with Gasteiger partial charge in [-0.1, -0.05) is 88.1 Å². The number of aromatic nitrogens is 7. The molecule has 0 radical (unpaired) electrons. The predicted octanol–water partition coefficient (Wildman–Crippen LogP) is 4.41. The summed E-state index contributed by atoms with van der Waals surface area (Å²) in [7, 11) is 0. The Kier molecular flexibility index (Phi) is 7.95. The Hall–Kier alpha value is -3.35. The molecule has 0 fully saturated rings. The van der Waals surface area contributed by atoms with Gasteiger partial charge in [0, 0.05) is 11.1 Å². The van der Waals surface area contributed by atoms with E-state index in [0.29, 0.717) is 5.82 Å². The SMILES string of the molecule is CCCCCCc1[n+](CCCC)c[nH][n+]1Cc1ccc(-c2ccccc2-c2nn[nH]n2)cc1. The number of aromatic amines is 2. The van der Waals surface area contributed by atoms with Gasteiger partial charge in [-0.15, -0.1) is 10.2 Å². The molecule has 2 N–H and O–H groups in total. The van der Waals surface area contributed by atoms with Crippen molar-refractivity contribution in [2.24, 2.45) is 0 Å². The van der Waals surface area contributed by atoms with Gasteiger partial charge in [-0.3, -0.25) is 0 Å². The lowest BCUT2D eigenvalue weighted by Gasteiger charge is -2.07. The van der Waals surface area contributed by atoms with Crippen LogP contribution in [0.4, 0.5) is 0 Å². The van der Waals surface area contributed by atoms with Crippen molar-refractivity contribution in [2.75, 3.05) is 0 Å². The molecule has 2 aromatic carbocycles. The summed E-state index contributed by atoms with van der Waals surface area (Å²) in [6, 6.07) is 17.0. The zero-order chi connectivity index (χ0) is 22.9. The lowest BCUT2D eigenvalue weighted by atomic mass is 9.98. The molecule has 4 aromatic rings. The van der Waals surface area contributed by atoms with Gasteiger partial charge in [0.25, 0.3) is 0 Å². The molecule has 0 aliphatic carbocycles. The minimum Gasteiger partial charge on any atom is -0.177 e. The Morgan fingerprint density at radius 3 is 2.36 bits per heavy atom. The minimum absolute atomic E-state index is 0.612. The molecule has 0 atom stereocenters. The average molecular weight is 446 g/mol. The molecule has 2 heterocycles. The van der Waals surface area contributed by atoms with E-state index in [1.807, 2.05) is 18.2 Å². The van der Waals surface area contributed by atoms with E-state index in [2.05, 4.69) is 85.5 Å². The van der Waals surface area contributed by atoms with E-state index in [0.717, 1.165) is 36.2 Å². The number of tetrazole rings is 1. The molecular formula is C26H35N7+2. The van der Waals surface area contributed by atoms with E-state index in [1.165, 1.54) is 49.9 Å². The van der Waals surface area contributed by atoms with Crippen LogP contribution in [0.3, 0.4) is 0 Å². The molecule has 0 aliphatic heterocycles. The number of hydrogen-bond donors (Lipinski definition) is 2. The predicted molar refractivity (Wildman–Crippen MR) is 128 cm³/mol. The van der Waals surface area contributed by atoms with Crippen LogP contribution in [0.5, 0.6) is 0 Å². The number of hydrogen-bond acceptors (Lipinski definition) is 3. The van der Waals surface area contributed by atoms with Crippen molar-refractivity contribution < 1.29 is 9.25 Å². The molecule has 172 valence electrons. The van der Waals surface area contributed by atoms with Crippen LogP contribution in [0.25, 0.3) is 22.5 Å². The maximum atomic E-state index is 4.16. The molecule has 33 heavy (non-hydrogen) atoms. The van der Waals surface area contributed by atoms with Crippen LogP contribution in [-0.2, 0) is 19.5 Å². The number of H-pyrrole nitrogens is 2. The fraction of sp³-hybridized carbons (Fsp3) is 0.423. The number of nitrogens with one attached hydrogen (secondary N) is 2. The van der Waals surface area contributed by atoms with Crippen molar-refractivity contribution in [1.29, 1.82) is 0 Å². The molecule has 0 bridgehead atoms. The number of nitrogens with zero attached hydrogens (tertiary/aromatic N) is 5. The van der Waals surface area contributed by atoms with Crippen LogP contribution in [0.1, 0.15) is 63.8 Å². The van der Waals surface area contributed by atoms with E-state index >= 15 is 0 Å². The summed E-state index contributed by atoms with van der Waals surface area (Å²) in [6.07, 6.45) is 10.8. The largest absolute Gasteiger partial charge is 0.357 e. The van der Waals surface area contributed by atoms with Gasteiger partial charge in [-0.2, -0.15) is 9.78 Å².